The summed E-state index contributed by atoms with van der Waals surface area (Å²) in [5, 5.41) is 2.60. The average molecular weight is 323 g/mol. The van der Waals surface area contributed by atoms with E-state index in [1.54, 1.807) is 12.1 Å². The summed E-state index contributed by atoms with van der Waals surface area (Å²) in [5.74, 6) is -0.993. The zero-order valence-electron chi connectivity index (χ0n) is 11.1. The lowest BCUT2D eigenvalue weighted by Gasteiger charge is -2.12. The van der Waals surface area contributed by atoms with E-state index in [1.165, 1.54) is 12.1 Å². The highest BCUT2D eigenvalue weighted by Crippen LogP contribution is 2.21. The van der Waals surface area contributed by atoms with Crippen molar-refractivity contribution in [2.75, 3.05) is 5.32 Å². The molecule has 2 aromatic carbocycles. The molecule has 3 nitrogen and oxygen atoms in total. The van der Waals surface area contributed by atoms with Crippen molar-refractivity contribution in [3.63, 3.8) is 0 Å². The molecule has 0 aromatic heterocycles. The fraction of sp³-hybridized carbons (Fsp3) is 0.0667. The van der Waals surface area contributed by atoms with Crippen LogP contribution in [0.1, 0.15) is 21.5 Å². The van der Waals surface area contributed by atoms with Gasteiger partial charge in [0.05, 0.1) is 10.7 Å². The number of nitrogens with two attached hydrogens (primary N) is 1. The Morgan fingerprint density at radius 1 is 1.33 bits per heavy atom. The Kier molecular flexibility index (Phi) is 4.55. The standard InChI is InChI=1S/C15H12ClFN2OS/c1-8-3-2-4-12(13(8)14(18)21)19-15(20)9-5-6-11(17)10(16)7-9/h2-7H,1H3,(H2,18,21)(H,19,20). The Bertz CT molecular complexity index is 734. The first-order valence-electron chi connectivity index (χ1n) is 6.06. The lowest BCUT2D eigenvalue weighted by molar-refractivity contribution is 0.102. The summed E-state index contributed by atoms with van der Waals surface area (Å²) in [6.45, 7) is 1.85. The number of hydrogen-bond donors (Lipinski definition) is 2. The smallest absolute Gasteiger partial charge is 0.255 e. The van der Waals surface area contributed by atoms with Gasteiger partial charge in [0.15, 0.2) is 0 Å². The number of thiocarbonyl (C=S) groups is 1. The Hall–Kier alpha value is -1.98. The Labute approximate surface area is 131 Å². The molecule has 0 radical (unpaired) electrons. The fourth-order valence-corrected chi connectivity index (χ4v) is 2.38. The number of carbonyl (C=O) groups is 1. The lowest BCUT2D eigenvalue weighted by Crippen LogP contribution is -2.18. The number of rotatable bonds is 3. The molecule has 0 atom stereocenters. The quantitative estimate of drug-likeness (QED) is 0.848. The van der Waals surface area contributed by atoms with Crippen LogP contribution in [0.15, 0.2) is 36.4 Å². The molecule has 0 aliphatic heterocycles. The van der Waals surface area contributed by atoms with Gasteiger partial charge in [-0.15, -0.1) is 0 Å². The van der Waals surface area contributed by atoms with Gasteiger partial charge in [0.2, 0.25) is 0 Å². The van der Waals surface area contributed by atoms with Crippen LogP contribution in [0.25, 0.3) is 0 Å². The molecular weight excluding hydrogens is 311 g/mol. The van der Waals surface area contributed by atoms with Gasteiger partial charge in [-0.05, 0) is 36.8 Å². The number of halogens is 2. The Morgan fingerprint density at radius 3 is 2.67 bits per heavy atom. The van der Waals surface area contributed by atoms with Crippen molar-refractivity contribution in [3.8, 4) is 0 Å². The van der Waals surface area contributed by atoms with E-state index >= 15 is 0 Å². The predicted octanol–water partition coefficient (Wildman–Crippen LogP) is 3.67. The summed E-state index contributed by atoms with van der Waals surface area (Å²) in [7, 11) is 0. The van der Waals surface area contributed by atoms with Crippen molar-refractivity contribution in [1.82, 2.24) is 0 Å². The van der Waals surface area contributed by atoms with Crippen LogP contribution in [0.4, 0.5) is 10.1 Å². The van der Waals surface area contributed by atoms with E-state index in [-0.39, 0.29) is 15.6 Å². The number of hydrogen-bond acceptors (Lipinski definition) is 2. The third-order valence-corrected chi connectivity index (χ3v) is 3.44. The van der Waals surface area contributed by atoms with Gasteiger partial charge >= 0.3 is 0 Å². The van der Waals surface area contributed by atoms with E-state index in [2.05, 4.69) is 5.32 Å². The van der Waals surface area contributed by atoms with Crippen molar-refractivity contribution < 1.29 is 9.18 Å². The number of amides is 1. The zero-order chi connectivity index (χ0) is 15.6. The van der Waals surface area contributed by atoms with Crippen LogP contribution in [-0.2, 0) is 0 Å². The molecule has 2 rings (SSSR count). The highest BCUT2D eigenvalue weighted by molar-refractivity contribution is 7.80. The number of aryl methyl sites for hydroxylation is 1. The summed E-state index contributed by atoms with van der Waals surface area (Å²) >= 11 is 10.7. The second kappa shape index (κ2) is 6.20. The van der Waals surface area contributed by atoms with Gasteiger partial charge in [-0.2, -0.15) is 0 Å². The molecule has 108 valence electrons. The monoisotopic (exact) mass is 322 g/mol. The fourth-order valence-electron chi connectivity index (χ4n) is 1.93. The minimum absolute atomic E-state index is 0.110. The van der Waals surface area contributed by atoms with Crippen molar-refractivity contribution in [2.45, 2.75) is 6.92 Å². The second-order valence-electron chi connectivity index (χ2n) is 4.44. The van der Waals surface area contributed by atoms with Crippen molar-refractivity contribution in [1.29, 1.82) is 0 Å². The van der Waals surface area contributed by atoms with Gasteiger partial charge in [-0.1, -0.05) is 36.0 Å². The summed E-state index contributed by atoms with van der Waals surface area (Å²) in [6.07, 6.45) is 0. The van der Waals surface area contributed by atoms with Crippen LogP contribution in [0.2, 0.25) is 5.02 Å². The van der Waals surface area contributed by atoms with E-state index in [0.717, 1.165) is 11.6 Å². The van der Waals surface area contributed by atoms with Crippen LogP contribution < -0.4 is 11.1 Å². The summed E-state index contributed by atoms with van der Waals surface area (Å²) in [6, 6.07) is 9.09. The molecule has 0 aliphatic rings. The molecule has 1 amide bonds. The molecular formula is C15H12ClFN2OS. The van der Waals surface area contributed by atoms with Crippen LogP contribution in [0.3, 0.4) is 0 Å². The SMILES string of the molecule is Cc1cccc(NC(=O)c2ccc(F)c(Cl)c2)c1C(N)=S. The van der Waals surface area contributed by atoms with E-state index < -0.39 is 11.7 Å². The molecule has 21 heavy (non-hydrogen) atoms. The van der Waals surface area contributed by atoms with Gasteiger partial charge in [-0.25, -0.2) is 4.39 Å². The van der Waals surface area contributed by atoms with E-state index in [1.807, 2.05) is 13.0 Å². The van der Waals surface area contributed by atoms with Crippen LogP contribution in [0, 0.1) is 12.7 Å². The summed E-state index contributed by atoms with van der Waals surface area (Å²) in [5.41, 5.74) is 7.90. The molecule has 0 fully saturated rings. The highest BCUT2D eigenvalue weighted by atomic mass is 35.5. The highest BCUT2D eigenvalue weighted by Gasteiger charge is 2.13. The first kappa shape index (κ1) is 15.4. The minimum atomic E-state index is -0.576. The largest absolute Gasteiger partial charge is 0.389 e. The zero-order valence-corrected chi connectivity index (χ0v) is 12.7. The molecule has 0 heterocycles. The Balaban J connectivity index is 2.34. The third-order valence-electron chi connectivity index (χ3n) is 2.95. The number of benzene rings is 2. The molecule has 6 heteroatoms. The van der Waals surface area contributed by atoms with Gasteiger partial charge in [0.1, 0.15) is 10.8 Å². The molecule has 0 aliphatic carbocycles. The first-order valence-corrected chi connectivity index (χ1v) is 6.84. The van der Waals surface area contributed by atoms with Crippen molar-refractivity contribution >= 4 is 40.4 Å². The number of anilines is 1. The van der Waals surface area contributed by atoms with Crippen molar-refractivity contribution in [2.24, 2.45) is 5.73 Å². The summed E-state index contributed by atoms with van der Waals surface area (Å²) < 4.78 is 13.1. The van der Waals surface area contributed by atoms with Gasteiger partial charge < -0.3 is 11.1 Å². The van der Waals surface area contributed by atoms with E-state index in [9.17, 15) is 9.18 Å². The molecule has 0 saturated carbocycles. The predicted molar refractivity (Wildman–Crippen MR) is 86.4 cm³/mol. The molecule has 0 spiro atoms. The normalized spacial score (nSPS) is 10.2. The lowest BCUT2D eigenvalue weighted by atomic mass is 10.1. The van der Waals surface area contributed by atoms with Crippen LogP contribution >= 0.6 is 23.8 Å². The molecule has 0 saturated heterocycles. The first-order chi connectivity index (χ1) is 9.90. The van der Waals surface area contributed by atoms with Gasteiger partial charge in [0, 0.05) is 11.1 Å². The third kappa shape index (κ3) is 3.37. The maximum absolute atomic E-state index is 13.1. The molecule has 0 bridgehead atoms. The van der Waals surface area contributed by atoms with Crippen molar-refractivity contribution in [3.05, 3.63) is 63.9 Å². The molecule has 0 unspecified atom stereocenters. The number of nitrogens with one attached hydrogen (secondary N) is 1. The van der Waals surface area contributed by atoms with Crippen LogP contribution in [-0.4, -0.2) is 10.9 Å². The summed E-state index contributed by atoms with van der Waals surface area (Å²) in [4.78, 5) is 12.4. The van der Waals surface area contributed by atoms with E-state index in [0.29, 0.717) is 11.3 Å². The topological polar surface area (TPSA) is 55.1 Å². The average Bonchev–Trinajstić information content (AvgIpc) is 2.41. The minimum Gasteiger partial charge on any atom is -0.389 e. The second-order valence-corrected chi connectivity index (χ2v) is 5.29. The molecule has 3 N–H and O–H groups in total. The van der Waals surface area contributed by atoms with Gasteiger partial charge in [-0.3, -0.25) is 4.79 Å². The van der Waals surface area contributed by atoms with Gasteiger partial charge in [0.25, 0.3) is 5.91 Å². The maximum atomic E-state index is 13.1. The maximum Gasteiger partial charge on any atom is 0.255 e. The molecule has 2 aromatic rings. The Morgan fingerprint density at radius 2 is 2.05 bits per heavy atom. The van der Waals surface area contributed by atoms with E-state index in [4.69, 9.17) is 29.6 Å². The van der Waals surface area contributed by atoms with Crippen LogP contribution in [0.5, 0.6) is 0 Å². The number of carbonyl (C=O) groups excluding carboxylic acids is 1.